The Labute approximate surface area is 497 Å². The summed E-state index contributed by atoms with van der Waals surface area (Å²) in [7, 11) is 6.75. The number of allylic oxidation sites excluding steroid dienone is 11. The van der Waals surface area contributed by atoms with Gasteiger partial charge in [-0.15, -0.1) is 0 Å². The number of hydrogen-bond acceptors (Lipinski definition) is 2. The number of rotatable bonds is 14. The molecule has 4 unspecified atom stereocenters. The summed E-state index contributed by atoms with van der Waals surface area (Å²) in [6, 6.07) is 76.0. The zero-order valence-electron chi connectivity index (χ0n) is 50.1. The Morgan fingerprint density at radius 3 is 1.54 bits per heavy atom. The predicted molar refractivity (Wildman–Crippen MR) is 360 cm³/mol. The van der Waals surface area contributed by atoms with Crippen molar-refractivity contribution < 1.29 is 4.58 Å². The summed E-state index contributed by atoms with van der Waals surface area (Å²) < 4.78 is 2.44. The zero-order chi connectivity index (χ0) is 58.0. The topological polar surface area (TPSA) is 9.49 Å². The maximum Gasteiger partial charge on any atom is 0.210 e. The van der Waals surface area contributed by atoms with Gasteiger partial charge in [-0.05, 0) is 166 Å². The Morgan fingerprint density at radius 2 is 0.952 bits per heavy atom. The maximum atomic E-state index is 5.02. The molecule has 3 heteroatoms. The Morgan fingerprint density at radius 1 is 0.500 bits per heavy atom. The first-order valence-corrected chi connectivity index (χ1v) is 30.1. The van der Waals surface area contributed by atoms with Crippen LogP contribution in [0.1, 0.15) is 79.5 Å². The number of fused-ring (bicyclic) bond motifs is 10. The van der Waals surface area contributed by atoms with Gasteiger partial charge in [0.25, 0.3) is 0 Å². The summed E-state index contributed by atoms with van der Waals surface area (Å²) in [5.41, 5.74) is 16.8. The summed E-state index contributed by atoms with van der Waals surface area (Å²) in [5.74, 6) is 0. The summed E-state index contributed by atoms with van der Waals surface area (Å²) in [6.45, 7) is 17.1. The van der Waals surface area contributed by atoms with Crippen molar-refractivity contribution in [3.63, 3.8) is 0 Å². The second-order valence-electron chi connectivity index (χ2n) is 25.0. The number of nitrogens with zero attached hydrogens (tertiary/aromatic N) is 3. The third-order valence-electron chi connectivity index (χ3n) is 19.7. The number of likely N-dealkylation sites (N-methyl/N-ethyl adjacent to an activating group) is 2. The highest BCUT2D eigenvalue weighted by atomic mass is 15.2. The predicted octanol–water partition coefficient (Wildman–Crippen LogP) is 19.6. The van der Waals surface area contributed by atoms with Crippen molar-refractivity contribution in [2.24, 2.45) is 0 Å². The van der Waals surface area contributed by atoms with E-state index >= 15 is 0 Å². The van der Waals surface area contributed by atoms with Crippen LogP contribution < -0.4 is 9.80 Å². The van der Waals surface area contributed by atoms with Crippen LogP contribution in [0.15, 0.2) is 278 Å². The van der Waals surface area contributed by atoms with Crippen molar-refractivity contribution in [1.29, 1.82) is 0 Å². The summed E-state index contributed by atoms with van der Waals surface area (Å²) in [4.78, 5) is 4.87. The molecule has 3 heterocycles. The van der Waals surface area contributed by atoms with Crippen LogP contribution in [0, 0.1) is 6.92 Å². The molecule has 3 nitrogen and oxygen atoms in total. The molecule has 414 valence electrons. The molecule has 0 aromatic heterocycles. The number of hydrogen-bond donors (Lipinski definition) is 0. The third-order valence-corrected chi connectivity index (χ3v) is 19.7. The lowest BCUT2D eigenvalue weighted by atomic mass is 9.70. The Bertz CT molecular complexity index is 4450. The van der Waals surface area contributed by atoms with Gasteiger partial charge in [0.1, 0.15) is 7.05 Å². The molecule has 0 fully saturated rings. The molecule has 3 aliphatic rings. The monoisotopic (exact) mass is 1090 g/mol. The first-order valence-electron chi connectivity index (χ1n) is 30.1. The lowest BCUT2D eigenvalue weighted by molar-refractivity contribution is -0.401. The molecule has 0 saturated heterocycles. The van der Waals surface area contributed by atoms with E-state index in [4.69, 9.17) is 6.58 Å². The minimum atomic E-state index is -0.441. The van der Waals surface area contributed by atoms with Crippen LogP contribution in [0.25, 0.3) is 43.1 Å². The molecule has 10 aromatic carbocycles. The minimum absolute atomic E-state index is 0.268. The van der Waals surface area contributed by atoms with Crippen molar-refractivity contribution >= 4 is 65.9 Å². The highest BCUT2D eigenvalue weighted by Gasteiger charge is 2.49. The number of benzene rings is 10. The Balaban J connectivity index is 0.869. The van der Waals surface area contributed by atoms with Crippen LogP contribution in [-0.2, 0) is 34.5 Å². The maximum absolute atomic E-state index is 5.02. The van der Waals surface area contributed by atoms with Crippen molar-refractivity contribution in [3.8, 4) is 0 Å². The van der Waals surface area contributed by atoms with Gasteiger partial charge in [-0.3, -0.25) is 0 Å². The second kappa shape index (κ2) is 21.3. The molecule has 0 N–H and O–H groups in total. The van der Waals surface area contributed by atoms with Crippen molar-refractivity contribution in [3.05, 3.63) is 317 Å². The van der Waals surface area contributed by atoms with Gasteiger partial charge in [0, 0.05) is 70.8 Å². The Hall–Kier alpha value is -9.05. The van der Waals surface area contributed by atoms with E-state index in [0.717, 1.165) is 31.3 Å². The van der Waals surface area contributed by atoms with Crippen molar-refractivity contribution in [1.82, 2.24) is 0 Å². The average molecular weight is 1090 g/mol. The van der Waals surface area contributed by atoms with Crippen LogP contribution in [-0.4, -0.2) is 31.4 Å². The minimum Gasteiger partial charge on any atom is -0.347 e. The molecule has 0 amide bonds. The van der Waals surface area contributed by atoms with E-state index in [2.05, 4.69) is 325 Å². The zero-order valence-corrected chi connectivity index (χ0v) is 50.1. The number of aryl methyl sites for hydroxylation is 1. The number of anilines is 2. The van der Waals surface area contributed by atoms with E-state index < -0.39 is 5.41 Å². The lowest BCUT2D eigenvalue weighted by Gasteiger charge is -2.34. The molecular formula is C81H76N3+. The van der Waals surface area contributed by atoms with Crippen molar-refractivity contribution in [2.45, 2.75) is 82.0 Å². The third kappa shape index (κ3) is 8.90. The molecule has 0 bridgehead atoms. The molecule has 0 radical (unpaired) electrons. The van der Waals surface area contributed by atoms with E-state index in [-0.39, 0.29) is 16.2 Å². The summed E-state index contributed by atoms with van der Waals surface area (Å²) >= 11 is 0. The van der Waals surface area contributed by atoms with Crippen LogP contribution in [0.4, 0.5) is 17.1 Å². The van der Waals surface area contributed by atoms with E-state index in [1.165, 1.54) is 116 Å². The highest BCUT2D eigenvalue weighted by Crippen LogP contribution is 2.55. The fraction of sp³-hybridized carbons (Fsp3) is 0.198. The van der Waals surface area contributed by atoms with Gasteiger partial charge in [0.05, 0.1) is 5.41 Å². The largest absolute Gasteiger partial charge is 0.347 e. The average Bonchev–Trinajstić information content (AvgIpc) is 1.78. The van der Waals surface area contributed by atoms with Crippen LogP contribution in [0.3, 0.4) is 0 Å². The fourth-order valence-electron chi connectivity index (χ4n) is 15.5. The van der Waals surface area contributed by atoms with Crippen molar-refractivity contribution in [2.75, 3.05) is 30.9 Å². The smallest absolute Gasteiger partial charge is 0.210 e. The van der Waals surface area contributed by atoms with Gasteiger partial charge in [-0.2, -0.15) is 4.58 Å². The fourth-order valence-corrected chi connectivity index (χ4v) is 15.5. The van der Waals surface area contributed by atoms with E-state index in [0.29, 0.717) is 0 Å². The van der Waals surface area contributed by atoms with Gasteiger partial charge < -0.3 is 9.80 Å². The molecule has 10 aromatic rings. The second-order valence-corrected chi connectivity index (χ2v) is 25.0. The summed E-state index contributed by atoms with van der Waals surface area (Å²) in [5, 5.41) is 10.3. The van der Waals surface area contributed by atoms with E-state index in [1.807, 2.05) is 0 Å². The molecule has 4 atom stereocenters. The highest BCUT2D eigenvalue weighted by molar-refractivity contribution is 6.08. The first-order chi connectivity index (χ1) is 40.7. The lowest BCUT2D eigenvalue weighted by Crippen LogP contribution is -2.33. The van der Waals surface area contributed by atoms with Gasteiger partial charge in [-0.1, -0.05) is 226 Å². The normalized spacial score (nSPS) is 21.1. The van der Waals surface area contributed by atoms with Gasteiger partial charge in [-0.25, -0.2) is 0 Å². The first kappa shape index (κ1) is 54.2. The SMILES string of the molecule is C=C(/C=C/C=C1/N(C)c2ccc3ccccc3c2C1(C)Cc1ccccc1)C(C)(CC=CCC1(C)C(=CC=CC2=[N+](C)c3ccc4ccccc4c3C2(C)Cc2ccccc2)N(C)c2ccc3ccccc3c21)c1c(C)ccc2ccccc12. The quantitative estimate of drug-likeness (QED) is 0.0610. The van der Waals surface area contributed by atoms with Gasteiger partial charge in [0.2, 0.25) is 5.69 Å². The molecule has 0 spiro atoms. The molecule has 0 saturated carbocycles. The van der Waals surface area contributed by atoms with Crippen LogP contribution in [0.2, 0.25) is 0 Å². The standard InChI is InChI=1S/C81H76N3/c1-56-44-45-60-33-16-20-37-64(60)74(56)78(3,57(2)28-26-41-72-80(5,54-58-29-12-10-13-30-58)76-66-39-22-18-35-62(66)47-50-69(76)83(72)8)52-24-25-53-79(4)71(82(7)68-49-46-61-34-17-21-38-65(61)75(68)79)42-27-43-73-81(6,55-59-31-14-11-15-32-59)77-67-40-23-19-36-63(67)48-51-70(77)84(73)9/h10-51H,2,52-55H2,1,3-9H3/q+1/b25-24?,28-26+,72-41+. The van der Waals surface area contributed by atoms with E-state index in [1.54, 1.807) is 0 Å². The van der Waals surface area contributed by atoms with Crippen LogP contribution in [0.5, 0.6) is 0 Å². The van der Waals surface area contributed by atoms with Gasteiger partial charge in [0.15, 0.2) is 5.71 Å². The molecule has 13 rings (SSSR count). The Kier molecular flexibility index (Phi) is 13.7. The van der Waals surface area contributed by atoms with Crippen LogP contribution >= 0.6 is 0 Å². The summed E-state index contributed by atoms with van der Waals surface area (Å²) in [6.07, 6.45) is 22.4. The molecular weight excluding hydrogens is 1010 g/mol. The van der Waals surface area contributed by atoms with Gasteiger partial charge >= 0.3 is 0 Å². The molecule has 3 aliphatic heterocycles. The molecule has 84 heavy (non-hydrogen) atoms. The van der Waals surface area contributed by atoms with E-state index in [9.17, 15) is 0 Å². The molecule has 0 aliphatic carbocycles.